The van der Waals surface area contributed by atoms with E-state index in [1.807, 2.05) is 6.20 Å². The molecule has 0 saturated heterocycles. The van der Waals surface area contributed by atoms with Crippen LogP contribution in [0.3, 0.4) is 0 Å². The summed E-state index contributed by atoms with van der Waals surface area (Å²) < 4.78 is 2.45. The Kier molecular flexibility index (Phi) is 12.3. The molecule has 2 atom stereocenters. The summed E-state index contributed by atoms with van der Waals surface area (Å²) in [5.74, 6) is 1.62. The number of aromatic nitrogens is 2. The van der Waals surface area contributed by atoms with Crippen LogP contribution in [-0.2, 0) is 18.4 Å². The molecular weight excluding hydrogens is 436 g/mol. The Bertz CT molecular complexity index is 946. The second kappa shape index (κ2) is 15.7. The van der Waals surface area contributed by atoms with Gasteiger partial charge in [0.1, 0.15) is 5.82 Å². The first-order valence-corrected chi connectivity index (χ1v) is 14.8. The van der Waals surface area contributed by atoms with Crippen LogP contribution >= 0.6 is 0 Å². The molecule has 1 heterocycles. The molecule has 2 heteroatoms. The molecule has 0 radical (unpaired) electrons. The summed E-state index contributed by atoms with van der Waals surface area (Å²) in [4.78, 5) is 4.95. The van der Waals surface area contributed by atoms with Gasteiger partial charge in [0.05, 0.1) is 0 Å². The Balaban J connectivity index is 1.59. The Morgan fingerprint density at radius 3 is 1.86 bits per heavy atom. The first-order valence-electron chi connectivity index (χ1n) is 14.8. The molecule has 0 spiro atoms. The Morgan fingerprint density at radius 1 is 0.722 bits per heavy atom. The predicted molar refractivity (Wildman–Crippen MR) is 156 cm³/mol. The fourth-order valence-corrected chi connectivity index (χ4v) is 5.95. The van der Waals surface area contributed by atoms with E-state index in [0.29, 0.717) is 5.92 Å². The lowest BCUT2D eigenvalue weighted by Crippen LogP contribution is -2.34. The second-order valence-corrected chi connectivity index (χ2v) is 10.9. The number of hydrogen-bond donors (Lipinski definition) is 0. The van der Waals surface area contributed by atoms with Crippen molar-refractivity contribution >= 4 is 0 Å². The van der Waals surface area contributed by atoms with Gasteiger partial charge in [-0.2, -0.15) is 0 Å². The summed E-state index contributed by atoms with van der Waals surface area (Å²) in [7, 11) is 0. The van der Waals surface area contributed by atoms with Crippen LogP contribution < -0.4 is 0 Å². The highest BCUT2D eigenvalue weighted by Crippen LogP contribution is 2.43. The summed E-state index contributed by atoms with van der Waals surface area (Å²) >= 11 is 0. The molecule has 0 amide bonds. The van der Waals surface area contributed by atoms with Crippen LogP contribution in [0, 0.1) is 0 Å². The van der Waals surface area contributed by atoms with E-state index in [4.69, 9.17) is 4.98 Å². The number of nitrogens with zero attached hydrogens (tertiary/aromatic N) is 2. The highest BCUT2D eigenvalue weighted by Gasteiger charge is 2.38. The second-order valence-electron chi connectivity index (χ2n) is 10.9. The van der Waals surface area contributed by atoms with Crippen molar-refractivity contribution in [2.24, 2.45) is 0 Å². The van der Waals surface area contributed by atoms with E-state index in [2.05, 4.69) is 92.2 Å². The number of unbranched alkanes of at least 4 members (excludes halogenated alkanes) is 10. The molecule has 3 rings (SSSR count). The predicted octanol–water partition coefficient (Wildman–Crippen LogP) is 9.89. The maximum atomic E-state index is 4.95. The largest absolute Gasteiger partial charge is 0.335 e. The minimum Gasteiger partial charge on any atom is -0.335 e. The summed E-state index contributed by atoms with van der Waals surface area (Å²) in [6.07, 6.45) is 21.5. The molecule has 0 aliphatic rings. The highest BCUT2D eigenvalue weighted by atomic mass is 15.1. The molecule has 2 aromatic carbocycles. The van der Waals surface area contributed by atoms with E-state index in [-0.39, 0.29) is 5.41 Å². The number of hydrogen-bond acceptors (Lipinski definition) is 1. The number of rotatable bonds is 18. The van der Waals surface area contributed by atoms with Crippen molar-refractivity contribution in [2.45, 2.75) is 122 Å². The van der Waals surface area contributed by atoms with Gasteiger partial charge >= 0.3 is 0 Å². The zero-order valence-electron chi connectivity index (χ0n) is 23.3. The molecule has 1 aromatic heterocycles. The molecule has 36 heavy (non-hydrogen) atoms. The van der Waals surface area contributed by atoms with E-state index in [0.717, 1.165) is 19.4 Å². The smallest absolute Gasteiger partial charge is 0.112 e. The van der Waals surface area contributed by atoms with Crippen molar-refractivity contribution in [3.8, 4) is 0 Å². The molecule has 196 valence electrons. The number of benzene rings is 2. The third-order valence-electron chi connectivity index (χ3n) is 8.09. The quantitative estimate of drug-likeness (QED) is 0.164. The first kappa shape index (κ1) is 28.2. The van der Waals surface area contributed by atoms with Gasteiger partial charge in [-0.05, 0) is 30.4 Å². The standard InChI is InChI=1S/C34H50N2/c1-4-6-7-8-9-10-11-12-13-14-21-27-36-28-26-35-33(36)32(5-2)34(3,31-24-19-16-20-25-31)29-30-22-17-15-18-23-30/h15-20,22-26,28,32H,4-14,21,27,29H2,1-3H3. The van der Waals surface area contributed by atoms with Crippen LogP contribution in [0.5, 0.6) is 0 Å². The maximum Gasteiger partial charge on any atom is 0.112 e. The van der Waals surface area contributed by atoms with Crippen molar-refractivity contribution in [1.29, 1.82) is 0 Å². The SMILES string of the molecule is CCCCCCCCCCCCCn1ccnc1C(CC)C(C)(Cc1ccccc1)c1ccccc1. The molecule has 2 nitrogen and oxygen atoms in total. The van der Waals surface area contributed by atoms with E-state index in [9.17, 15) is 0 Å². The van der Waals surface area contributed by atoms with Crippen molar-refractivity contribution in [2.75, 3.05) is 0 Å². The van der Waals surface area contributed by atoms with Gasteiger partial charge in [0.2, 0.25) is 0 Å². The van der Waals surface area contributed by atoms with Gasteiger partial charge in [0.15, 0.2) is 0 Å². The van der Waals surface area contributed by atoms with Gasteiger partial charge in [-0.3, -0.25) is 0 Å². The van der Waals surface area contributed by atoms with E-state index < -0.39 is 0 Å². The molecule has 0 aliphatic carbocycles. The van der Waals surface area contributed by atoms with Gasteiger partial charge < -0.3 is 4.57 Å². The molecular formula is C34H50N2. The molecule has 3 aromatic rings. The monoisotopic (exact) mass is 486 g/mol. The third kappa shape index (κ3) is 8.36. The van der Waals surface area contributed by atoms with Crippen LogP contribution in [0.4, 0.5) is 0 Å². The fourth-order valence-electron chi connectivity index (χ4n) is 5.95. The van der Waals surface area contributed by atoms with Gasteiger partial charge in [-0.25, -0.2) is 4.98 Å². The number of aryl methyl sites for hydroxylation is 1. The van der Waals surface area contributed by atoms with Crippen LogP contribution in [0.25, 0.3) is 0 Å². The first-order chi connectivity index (χ1) is 17.7. The lowest BCUT2D eigenvalue weighted by Gasteiger charge is -2.38. The molecule has 0 aliphatic heterocycles. The average Bonchev–Trinajstić information content (AvgIpc) is 3.36. The topological polar surface area (TPSA) is 17.8 Å². The van der Waals surface area contributed by atoms with Crippen molar-refractivity contribution < 1.29 is 0 Å². The summed E-state index contributed by atoms with van der Waals surface area (Å²) in [5, 5.41) is 0. The van der Waals surface area contributed by atoms with Gasteiger partial charge in [0, 0.05) is 30.3 Å². The lowest BCUT2D eigenvalue weighted by atomic mass is 9.66. The number of imidazole rings is 1. The molecule has 2 unspecified atom stereocenters. The maximum absolute atomic E-state index is 4.95. The molecule has 0 fully saturated rings. The fraction of sp³-hybridized carbons (Fsp3) is 0.559. The average molecular weight is 487 g/mol. The zero-order chi connectivity index (χ0) is 25.5. The Labute approximate surface area is 221 Å². The van der Waals surface area contributed by atoms with Gasteiger partial charge in [-0.1, -0.05) is 146 Å². The summed E-state index contributed by atoms with van der Waals surface area (Å²) in [6, 6.07) is 22.1. The lowest BCUT2D eigenvalue weighted by molar-refractivity contribution is 0.338. The zero-order valence-corrected chi connectivity index (χ0v) is 23.3. The van der Waals surface area contributed by atoms with Crippen molar-refractivity contribution in [3.05, 3.63) is 90.0 Å². The summed E-state index contributed by atoms with van der Waals surface area (Å²) in [6.45, 7) is 8.16. The Morgan fingerprint density at radius 2 is 1.28 bits per heavy atom. The van der Waals surface area contributed by atoms with Gasteiger partial charge in [-0.15, -0.1) is 0 Å². The van der Waals surface area contributed by atoms with Crippen LogP contribution in [0.2, 0.25) is 0 Å². The highest BCUT2D eigenvalue weighted by molar-refractivity contribution is 5.33. The van der Waals surface area contributed by atoms with Crippen LogP contribution in [0.1, 0.15) is 121 Å². The summed E-state index contributed by atoms with van der Waals surface area (Å²) in [5.41, 5.74) is 2.79. The molecule has 0 N–H and O–H groups in total. The molecule has 0 bridgehead atoms. The van der Waals surface area contributed by atoms with E-state index >= 15 is 0 Å². The third-order valence-corrected chi connectivity index (χ3v) is 8.09. The minimum atomic E-state index is -0.0163. The normalized spacial score (nSPS) is 14.0. The molecule has 0 saturated carbocycles. The van der Waals surface area contributed by atoms with Crippen LogP contribution in [0.15, 0.2) is 73.1 Å². The van der Waals surface area contributed by atoms with Gasteiger partial charge in [0.25, 0.3) is 0 Å². The van der Waals surface area contributed by atoms with E-state index in [1.165, 1.54) is 87.6 Å². The van der Waals surface area contributed by atoms with Crippen molar-refractivity contribution in [1.82, 2.24) is 9.55 Å². The van der Waals surface area contributed by atoms with E-state index in [1.54, 1.807) is 0 Å². The Hall–Kier alpha value is -2.35. The van der Waals surface area contributed by atoms with Crippen LogP contribution in [-0.4, -0.2) is 9.55 Å². The minimum absolute atomic E-state index is 0.0163. The van der Waals surface area contributed by atoms with Crippen molar-refractivity contribution in [3.63, 3.8) is 0 Å².